The molecule has 0 spiro atoms. The molecule has 14 heavy (non-hydrogen) atoms. The molecule has 0 aromatic heterocycles. The van der Waals surface area contributed by atoms with Crippen LogP contribution in [0.1, 0.15) is 12.5 Å². The zero-order valence-electron chi connectivity index (χ0n) is 7.77. The van der Waals surface area contributed by atoms with Gasteiger partial charge in [0.05, 0.1) is 0 Å². The summed E-state index contributed by atoms with van der Waals surface area (Å²) in [5, 5.41) is 0. The van der Waals surface area contributed by atoms with Gasteiger partial charge in [-0.05, 0) is 24.1 Å². The molecule has 0 N–H and O–H groups in total. The van der Waals surface area contributed by atoms with Gasteiger partial charge in [-0.1, -0.05) is 19.1 Å². The molecule has 0 fully saturated rings. The summed E-state index contributed by atoms with van der Waals surface area (Å²) in [7, 11) is 0. The van der Waals surface area contributed by atoms with Crippen molar-refractivity contribution in [2.75, 3.05) is 6.61 Å². The van der Waals surface area contributed by atoms with Crippen molar-refractivity contribution in [3.05, 3.63) is 29.8 Å². The molecule has 4 heteroatoms. The Bertz CT molecular complexity index is 294. The molecule has 0 bridgehead atoms. The van der Waals surface area contributed by atoms with E-state index in [4.69, 9.17) is 0 Å². The highest BCUT2D eigenvalue weighted by atomic mass is 19.4. The second-order valence-corrected chi connectivity index (χ2v) is 2.90. The van der Waals surface area contributed by atoms with Gasteiger partial charge in [0.2, 0.25) is 0 Å². The number of halogens is 3. The predicted molar refractivity (Wildman–Crippen MR) is 47.4 cm³/mol. The van der Waals surface area contributed by atoms with Crippen molar-refractivity contribution in [3.8, 4) is 5.75 Å². The summed E-state index contributed by atoms with van der Waals surface area (Å²) in [5.74, 6) is 0.265. The molecule has 0 saturated heterocycles. The second-order valence-electron chi connectivity index (χ2n) is 2.90. The molecule has 1 nitrogen and oxygen atoms in total. The van der Waals surface area contributed by atoms with Crippen LogP contribution in [0.3, 0.4) is 0 Å². The van der Waals surface area contributed by atoms with Crippen molar-refractivity contribution in [1.82, 2.24) is 0 Å². The lowest BCUT2D eigenvalue weighted by atomic mass is 10.2. The normalized spacial score (nSPS) is 11.4. The first-order valence-corrected chi connectivity index (χ1v) is 4.30. The fourth-order valence-electron chi connectivity index (χ4n) is 1.02. The summed E-state index contributed by atoms with van der Waals surface area (Å²) in [5.41, 5.74) is 0.963. The van der Waals surface area contributed by atoms with Crippen molar-refractivity contribution in [1.29, 1.82) is 0 Å². The lowest BCUT2D eigenvalue weighted by Gasteiger charge is -2.09. The molecular weight excluding hydrogens is 193 g/mol. The zero-order valence-corrected chi connectivity index (χ0v) is 7.77. The maximum Gasteiger partial charge on any atom is 0.422 e. The predicted octanol–water partition coefficient (Wildman–Crippen LogP) is 3.19. The van der Waals surface area contributed by atoms with E-state index in [-0.39, 0.29) is 5.75 Å². The van der Waals surface area contributed by atoms with Crippen LogP contribution in [-0.4, -0.2) is 12.8 Å². The maximum atomic E-state index is 11.8. The SMILES string of the molecule is CCc1cccc(OCC(F)(F)F)c1. The molecule has 0 unspecified atom stereocenters. The smallest absolute Gasteiger partial charge is 0.422 e. The number of aryl methyl sites for hydroxylation is 1. The van der Waals surface area contributed by atoms with E-state index in [0.717, 1.165) is 12.0 Å². The van der Waals surface area contributed by atoms with Crippen LogP contribution < -0.4 is 4.74 Å². The highest BCUT2D eigenvalue weighted by molar-refractivity contribution is 5.28. The van der Waals surface area contributed by atoms with Gasteiger partial charge in [-0.2, -0.15) is 13.2 Å². The monoisotopic (exact) mass is 204 g/mol. The summed E-state index contributed by atoms with van der Waals surface area (Å²) in [6.07, 6.45) is -3.49. The zero-order chi connectivity index (χ0) is 10.6. The minimum absolute atomic E-state index is 0.265. The Morgan fingerprint density at radius 1 is 1.29 bits per heavy atom. The second kappa shape index (κ2) is 4.35. The highest BCUT2D eigenvalue weighted by Crippen LogP contribution is 2.19. The number of hydrogen-bond acceptors (Lipinski definition) is 1. The number of ether oxygens (including phenoxy) is 1. The van der Waals surface area contributed by atoms with Gasteiger partial charge in [0, 0.05) is 0 Å². The molecule has 0 saturated carbocycles. The average Bonchev–Trinajstić information content (AvgIpc) is 2.14. The minimum atomic E-state index is -4.28. The molecule has 1 rings (SSSR count). The van der Waals surface area contributed by atoms with E-state index in [1.807, 2.05) is 13.0 Å². The van der Waals surface area contributed by atoms with Crippen molar-refractivity contribution < 1.29 is 17.9 Å². The van der Waals surface area contributed by atoms with Gasteiger partial charge in [0.1, 0.15) is 5.75 Å². The van der Waals surface area contributed by atoms with Crippen LogP contribution in [0.2, 0.25) is 0 Å². The largest absolute Gasteiger partial charge is 0.484 e. The van der Waals surface area contributed by atoms with Crippen LogP contribution >= 0.6 is 0 Å². The van der Waals surface area contributed by atoms with Gasteiger partial charge < -0.3 is 4.74 Å². The van der Waals surface area contributed by atoms with Crippen LogP contribution in [-0.2, 0) is 6.42 Å². The molecule has 0 aliphatic heterocycles. The number of rotatable bonds is 3. The van der Waals surface area contributed by atoms with Gasteiger partial charge in [0.25, 0.3) is 0 Å². The molecular formula is C10H11F3O. The third-order valence-electron chi connectivity index (χ3n) is 1.71. The molecule has 0 atom stereocenters. The molecule has 1 aromatic carbocycles. The Hall–Kier alpha value is -1.19. The molecule has 0 heterocycles. The Balaban J connectivity index is 2.59. The first kappa shape index (κ1) is 10.9. The topological polar surface area (TPSA) is 9.23 Å². The fraction of sp³-hybridized carbons (Fsp3) is 0.400. The summed E-state index contributed by atoms with van der Waals surface area (Å²) >= 11 is 0. The molecule has 78 valence electrons. The van der Waals surface area contributed by atoms with Crippen LogP contribution in [0, 0.1) is 0 Å². The molecule has 0 radical (unpaired) electrons. The molecule has 0 aliphatic rings. The third-order valence-corrected chi connectivity index (χ3v) is 1.71. The lowest BCUT2D eigenvalue weighted by Crippen LogP contribution is -2.19. The van der Waals surface area contributed by atoms with Crippen LogP contribution in [0.25, 0.3) is 0 Å². The van der Waals surface area contributed by atoms with Crippen LogP contribution in [0.15, 0.2) is 24.3 Å². The van der Waals surface area contributed by atoms with E-state index >= 15 is 0 Å². The summed E-state index contributed by atoms with van der Waals surface area (Å²) in [6, 6.07) is 6.67. The van der Waals surface area contributed by atoms with E-state index in [9.17, 15) is 13.2 Å². The quantitative estimate of drug-likeness (QED) is 0.734. The summed E-state index contributed by atoms with van der Waals surface area (Å²) in [4.78, 5) is 0. The van der Waals surface area contributed by atoms with Crippen molar-refractivity contribution in [3.63, 3.8) is 0 Å². The number of hydrogen-bond donors (Lipinski definition) is 0. The number of benzene rings is 1. The fourth-order valence-corrected chi connectivity index (χ4v) is 1.02. The highest BCUT2D eigenvalue weighted by Gasteiger charge is 2.28. The van der Waals surface area contributed by atoms with E-state index in [2.05, 4.69) is 4.74 Å². The Morgan fingerprint density at radius 3 is 2.57 bits per heavy atom. The van der Waals surface area contributed by atoms with Crippen molar-refractivity contribution >= 4 is 0 Å². The first-order chi connectivity index (χ1) is 6.51. The molecule has 0 amide bonds. The molecule has 1 aromatic rings. The number of alkyl halides is 3. The van der Waals surface area contributed by atoms with Gasteiger partial charge in [-0.25, -0.2) is 0 Å². The summed E-state index contributed by atoms with van der Waals surface area (Å²) in [6.45, 7) is 0.697. The lowest BCUT2D eigenvalue weighted by molar-refractivity contribution is -0.153. The van der Waals surface area contributed by atoms with Gasteiger partial charge in [0.15, 0.2) is 6.61 Å². The van der Waals surface area contributed by atoms with Crippen molar-refractivity contribution in [2.24, 2.45) is 0 Å². The first-order valence-electron chi connectivity index (χ1n) is 4.30. The Kier molecular flexibility index (Phi) is 3.38. The van der Waals surface area contributed by atoms with E-state index in [1.165, 1.54) is 6.07 Å². The Labute approximate surface area is 80.5 Å². The molecule has 0 aliphatic carbocycles. The average molecular weight is 204 g/mol. The van der Waals surface area contributed by atoms with Crippen LogP contribution in [0.5, 0.6) is 5.75 Å². The van der Waals surface area contributed by atoms with Gasteiger partial charge in [-0.15, -0.1) is 0 Å². The minimum Gasteiger partial charge on any atom is -0.484 e. The maximum absolute atomic E-state index is 11.8. The van der Waals surface area contributed by atoms with Crippen LogP contribution in [0.4, 0.5) is 13.2 Å². The van der Waals surface area contributed by atoms with Gasteiger partial charge in [-0.3, -0.25) is 0 Å². The Morgan fingerprint density at radius 2 is 2.00 bits per heavy atom. The van der Waals surface area contributed by atoms with E-state index in [0.29, 0.717) is 0 Å². The van der Waals surface area contributed by atoms with Crippen molar-refractivity contribution in [2.45, 2.75) is 19.5 Å². The standard InChI is InChI=1S/C10H11F3O/c1-2-8-4-3-5-9(6-8)14-7-10(11,12)13/h3-6H,2,7H2,1H3. The summed E-state index contributed by atoms with van der Waals surface area (Å²) < 4.78 is 40.0. The van der Waals surface area contributed by atoms with E-state index < -0.39 is 12.8 Å². The van der Waals surface area contributed by atoms with E-state index in [1.54, 1.807) is 12.1 Å². The van der Waals surface area contributed by atoms with Gasteiger partial charge >= 0.3 is 6.18 Å². The third kappa shape index (κ3) is 3.68.